The van der Waals surface area contributed by atoms with Gasteiger partial charge >= 0.3 is 5.97 Å². The van der Waals surface area contributed by atoms with Crippen LogP contribution in [0.15, 0.2) is 5.38 Å². The van der Waals surface area contributed by atoms with E-state index in [9.17, 15) is 9.59 Å². The number of thiazole rings is 1. The fraction of sp³-hybridized carbons (Fsp3) is 0.583. The Labute approximate surface area is 109 Å². The largest absolute Gasteiger partial charge is 0.481 e. The Balaban J connectivity index is 2.04. The van der Waals surface area contributed by atoms with E-state index in [1.807, 2.05) is 12.3 Å². The first kappa shape index (κ1) is 13.0. The molecule has 1 fully saturated rings. The lowest BCUT2D eigenvalue weighted by atomic mass is 9.79. The van der Waals surface area contributed by atoms with Gasteiger partial charge < -0.3 is 10.4 Å². The number of aromatic nitrogens is 1. The normalized spacial score (nSPS) is 23.6. The Hall–Kier alpha value is -1.43. The molecule has 1 aliphatic rings. The van der Waals surface area contributed by atoms with Crippen molar-refractivity contribution in [3.05, 3.63) is 11.1 Å². The fourth-order valence-electron chi connectivity index (χ4n) is 2.35. The van der Waals surface area contributed by atoms with Crippen molar-refractivity contribution in [2.75, 3.05) is 5.32 Å². The van der Waals surface area contributed by atoms with Crippen molar-refractivity contribution in [1.82, 2.24) is 4.98 Å². The maximum Gasteiger partial charge on any atom is 0.307 e. The van der Waals surface area contributed by atoms with Crippen LogP contribution in [0.5, 0.6) is 0 Å². The Morgan fingerprint density at radius 1 is 1.39 bits per heavy atom. The molecule has 2 atom stereocenters. The van der Waals surface area contributed by atoms with Crippen LogP contribution in [0.4, 0.5) is 5.13 Å². The molecular weight excluding hydrogens is 252 g/mol. The number of nitrogens with zero attached hydrogens (tertiary/aromatic N) is 1. The second-order valence-corrected chi connectivity index (χ2v) is 5.48. The average molecular weight is 268 g/mol. The molecule has 6 heteroatoms. The third kappa shape index (κ3) is 2.87. The SMILES string of the molecule is Cc1csc(NC(=O)[C@H]2CCCC[C@@H]2C(=O)O)n1. The number of hydrogen-bond acceptors (Lipinski definition) is 4. The van der Waals surface area contributed by atoms with Gasteiger partial charge in [0.15, 0.2) is 5.13 Å². The van der Waals surface area contributed by atoms with E-state index in [1.54, 1.807) is 0 Å². The fourth-order valence-corrected chi connectivity index (χ4v) is 3.04. The van der Waals surface area contributed by atoms with E-state index in [1.165, 1.54) is 11.3 Å². The van der Waals surface area contributed by atoms with E-state index in [4.69, 9.17) is 5.11 Å². The van der Waals surface area contributed by atoms with Gasteiger partial charge in [0.1, 0.15) is 0 Å². The number of anilines is 1. The van der Waals surface area contributed by atoms with Crippen LogP contribution in [0.25, 0.3) is 0 Å². The predicted molar refractivity (Wildman–Crippen MR) is 68.6 cm³/mol. The van der Waals surface area contributed by atoms with Gasteiger partial charge in [-0.15, -0.1) is 11.3 Å². The first-order valence-corrected chi connectivity index (χ1v) is 6.91. The van der Waals surface area contributed by atoms with Crippen molar-refractivity contribution >= 4 is 28.3 Å². The summed E-state index contributed by atoms with van der Waals surface area (Å²) in [7, 11) is 0. The van der Waals surface area contributed by atoms with Crippen molar-refractivity contribution in [3.63, 3.8) is 0 Å². The highest BCUT2D eigenvalue weighted by atomic mass is 32.1. The molecule has 0 spiro atoms. The third-order valence-electron chi connectivity index (χ3n) is 3.27. The van der Waals surface area contributed by atoms with Crippen LogP contribution < -0.4 is 5.32 Å². The van der Waals surface area contributed by atoms with Crippen LogP contribution >= 0.6 is 11.3 Å². The van der Waals surface area contributed by atoms with Gasteiger partial charge in [-0.1, -0.05) is 12.8 Å². The van der Waals surface area contributed by atoms with Crippen LogP contribution in [0.2, 0.25) is 0 Å². The summed E-state index contributed by atoms with van der Waals surface area (Å²) in [6, 6.07) is 0. The van der Waals surface area contributed by atoms with Gasteiger partial charge in [-0.05, 0) is 19.8 Å². The molecule has 18 heavy (non-hydrogen) atoms. The number of carboxylic acids is 1. The zero-order valence-electron chi connectivity index (χ0n) is 10.2. The molecule has 1 saturated carbocycles. The molecule has 1 aromatic rings. The van der Waals surface area contributed by atoms with Crippen molar-refractivity contribution in [3.8, 4) is 0 Å². The number of aryl methyl sites for hydroxylation is 1. The zero-order valence-corrected chi connectivity index (χ0v) is 11.0. The van der Waals surface area contributed by atoms with Gasteiger partial charge in [-0.3, -0.25) is 9.59 Å². The molecule has 98 valence electrons. The number of amides is 1. The number of carbonyl (C=O) groups excluding carboxylic acids is 1. The highest BCUT2D eigenvalue weighted by Gasteiger charge is 2.35. The minimum absolute atomic E-state index is 0.212. The van der Waals surface area contributed by atoms with Crippen LogP contribution in [-0.4, -0.2) is 22.0 Å². The van der Waals surface area contributed by atoms with Crippen LogP contribution in [0.1, 0.15) is 31.4 Å². The van der Waals surface area contributed by atoms with E-state index in [-0.39, 0.29) is 5.91 Å². The molecule has 0 radical (unpaired) electrons. The number of carboxylic acid groups (broad SMARTS) is 1. The molecule has 1 aliphatic carbocycles. The summed E-state index contributed by atoms with van der Waals surface area (Å²) in [4.78, 5) is 27.4. The van der Waals surface area contributed by atoms with Crippen LogP contribution in [0, 0.1) is 18.8 Å². The standard InChI is InChI=1S/C12H16N2O3S/c1-7-6-18-12(13-7)14-10(15)8-4-2-3-5-9(8)11(16)17/h6,8-9H,2-5H2,1H3,(H,16,17)(H,13,14,15)/t8-,9-/m0/s1. The second kappa shape index (κ2) is 5.48. The minimum Gasteiger partial charge on any atom is -0.481 e. The summed E-state index contributed by atoms with van der Waals surface area (Å²) in [6.07, 6.45) is 3.04. The Kier molecular flexibility index (Phi) is 3.96. The Morgan fingerprint density at radius 2 is 2.06 bits per heavy atom. The number of rotatable bonds is 3. The lowest BCUT2D eigenvalue weighted by Gasteiger charge is -2.26. The van der Waals surface area contributed by atoms with E-state index >= 15 is 0 Å². The average Bonchev–Trinajstić information content (AvgIpc) is 2.74. The number of carbonyl (C=O) groups is 2. The Morgan fingerprint density at radius 3 is 2.61 bits per heavy atom. The molecule has 2 N–H and O–H groups in total. The minimum atomic E-state index is -0.870. The summed E-state index contributed by atoms with van der Waals surface area (Å²) < 4.78 is 0. The molecule has 0 unspecified atom stereocenters. The summed E-state index contributed by atoms with van der Waals surface area (Å²) in [5, 5.41) is 14.3. The highest BCUT2D eigenvalue weighted by molar-refractivity contribution is 7.13. The number of nitrogens with one attached hydrogen (secondary N) is 1. The van der Waals surface area contributed by atoms with E-state index < -0.39 is 17.8 Å². The van der Waals surface area contributed by atoms with E-state index in [0.717, 1.165) is 18.5 Å². The monoisotopic (exact) mass is 268 g/mol. The van der Waals surface area contributed by atoms with Gasteiger partial charge in [-0.25, -0.2) is 4.98 Å². The van der Waals surface area contributed by atoms with Gasteiger partial charge in [0.25, 0.3) is 0 Å². The summed E-state index contributed by atoms with van der Waals surface area (Å²) in [6.45, 7) is 1.85. The topological polar surface area (TPSA) is 79.3 Å². The molecule has 1 amide bonds. The first-order valence-electron chi connectivity index (χ1n) is 6.03. The molecule has 2 rings (SSSR count). The maximum atomic E-state index is 12.1. The van der Waals surface area contributed by atoms with Crippen LogP contribution in [0.3, 0.4) is 0 Å². The molecular formula is C12H16N2O3S. The molecule has 5 nitrogen and oxygen atoms in total. The predicted octanol–water partition coefficient (Wildman–Crippen LogP) is 2.28. The van der Waals surface area contributed by atoms with Crippen molar-refractivity contribution in [2.24, 2.45) is 11.8 Å². The molecule has 1 aromatic heterocycles. The van der Waals surface area contributed by atoms with Gasteiger partial charge in [0, 0.05) is 5.38 Å². The van der Waals surface area contributed by atoms with Crippen molar-refractivity contribution in [1.29, 1.82) is 0 Å². The van der Waals surface area contributed by atoms with Gasteiger partial charge in [-0.2, -0.15) is 0 Å². The second-order valence-electron chi connectivity index (χ2n) is 4.62. The smallest absolute Gasteiger partial charge is 0.307 e. The highest BCUT2D eigenvalue weighted by Crippen LogP contribution is 2.31. The zero-order chi connectivity index (χ0) is 13.1. The molecule has 0 saturated heterocycles. The van der Waals surface area contributed by atoms with Crippen molar-refractivity contribution < 1.29 is 14.7 Å². The first-order chi connectivity index (χ1) is 8.58. The van der Waals surface area contributed by atoms with Crippen LogP contribution in [-0.2, 0) is 9.59 Å². The summed E-state index contributed by atoms with van der Waals surface area (Å²) in [5.41, 5.74) is 0.855. The third-order valence-corrected chi connectivity index (χ3v) is 4.14. The molecule has 0 aromatic carbocycles. The molecule has 0 aliphatic heterocycles. The number of hydrogen-bond donors (Lipinski definition) is 2. The number of aliphatic carboxylic acids is 1. The van der Waals surface area contributed by atoms with Gasteiger partial charge in [0.05, 0.1) is 17.5 Å². The lowest BCUT2D eigenvalue weighted by Crippen LogP contribution is -2.36. The van der Waals surface area contributed by atoms with E-state index in [0.29, 0.717) is 18.0 Å². The summed E-state index contributed by atoms with van der Waals surface area (Å²) in [5.74, 6) is -2.07. The molecule has 1 heterocycles. The van der Waals surface area contributed by atoms with Crippen molar-refractivity contribution in [2.45, 2.75) is 32.6 Å². The quantitative estimate of drug-likeness (QED) is 0.881. The summed E-state index contributed by atoms with van der Waals surface area (Å²) >= 11 is 1.36. The molecule has 0 bridgehead atoms. The Bertz CT molecular complexity index is 458. The lowest BCUT2D eigenvalue weighted by molar-refractivity contribution is -0.147. The van der Waals surface area contributed by atoms with E-state index in [2.05, 4.69) is 10.3 Å². The van der Waals surface area contributed by atoms with Gasteiger partial charge in [0.2, 0.25) is 5.91 Å². The maximum absolute atomic E-state index is 12.1.